The average molecular weight is 431 g/mol. The summed E-state index contributed by atoms with van der Waals surface area (Å²) in [5, 5.41) is 13.9. The molecule has 4 rings (SSSR count). The Labute approximate surface area is 174 Å². The maximum atomic E-state index is 15.0. The Morgan fingerprint density at radius 3 is 2.93 bits per heavy atom. The molecule has 3 aromatic heterocycles. The lowest BCUT2D eigenvalue weighted by Crippen LogP contribution is -2.15. The summed E-state index contributed by atoms with van der Waals surface area (Å²) < 4.78 is 27.2. The minimum atomic E-state index is -0.870. The number of H-pyrrole nitrogens is 1. The van der Waals surface area contributed by atoms with E-state index in [-0.39, 0.29) is 22.9 Å². The monoisotopic (exact) mass is 430 g/mol. The molecule has 0 aliphatic rings. The first-order valence-electron chi connectivity index (χ1n) is 8.75. The number of hydrogen-bond donors (Lipinski definition) is 2. The molecule has 0 aliphatic carbocycles. The van der Waals surface area contributed by atoms with Crippen molar-refractivity contribution in [2.45, 2.75) is 6.61 Å². The quantitative estimate of drug-likeness (QED) is 0.486. The Hall–Kier alpha value is -3.66. The molecule has 0 saturated heterocycles. The van der Waals surface area contributed by atoms with E-state index in [0.29, 0.717) is 28.3 Å². The van der Waals surface area contributed by atoms with Crippen LogP contribution in [0.25, 0.3) is 11.0 Å². The van der Waals surface area contributed by atoms with E-state index in [4.69, 9.17) is 21.1 Å². The summed E-state index contributed by atoms with van der Waals surface area (Å²) in [6.07, 6.45) is 3.15. The number of aryl methyl sites for hydroxylation is 1. The summed E-state index contributed by atoms with van der Waals surface area (Å²) in [7, 11) is 3.23. The number of aromatic amines is 1. The van der Waals surface area contributed by atoms with Crippen molar-refractivity contribution in [3.05, 3.63) is 58.8 Å². The molecule has 11 heteroatoms. The Bertz CT molecular complexity index is 1240. The van der Waals surface area contributed by atoms with Crippen molar-refractivity contribution in [1.29, 1.82) is 0 Å². The second-order valence-electron chi connectivity index (χ2n) is 6.31. The first-order valence-corrected chi connectivity index (χ1v) is 9.13. The summed E-state index contributed by atoms with van der Waals surface area (Å²) >= 11 is 6.09. The third kappa shape index (κ3) is 3.77. The second-order valence-corrected chi connectivity index (χ2v) is 6.72. The van der Waals surface area contributed by atoms with Gasteiger partial charge in [0.15, 0.2) is 17.2 Å². The van der Waals surface area contributed by atoms with Gasteiger partial charge in [0.25, 0.3) is 5.91 Å². The van der Waals surface area contributed by atoms with Gasteiger partial charge in [-0.3, -0.25) is 14.6 Å². The summed E-state index contributed by atoms with van der Waals surface area (Å²) in [5.41, 5.74) is 1.09. The standard InChI is InChI=1S/C19H16ClFN6O3/c1-27-6-5-10(26-27)9-30-14-4-3-13(20)15(16(14)21)18(28)23-11-7-12-17(22-8-11)24-25-19(12)29-2/h3-8H,9H2,1-2H3,(H,23,28)(H,22,24,25). The van der Waals surface area contributed by atoms with Crippen molar-refractivity contribution in [1.82, 2.24) is 25.0 Å². The van der Waals surface area contributed by atoms with Gasteiger partial charge in [0.05, 0.1) is 40.7 Å². The van der Waals surface area contributed by atoms with E-state index in [0.717, 1.165) is 0 Å². The lowest BCUT2D eigenvalue weighted by molar-refractivity contribution is 0.102. The van der Waals surface area contributed by atoms with Gasteiger partial charge in [-0.15, -0.1) is 5.10 Å². The predicted octanol–water partition coefficient (Wildman–Crippen LogP) is 3.32. The van der Waals surface area contributed by atoms with Gasteiger partial charge in [0, 0.05) is 13.2 Å². The minimum Gasteiger partial charge on any atom is -0.484 e. The predicted molar refractivity (Wildman–Crippen MR) is 107 cm³/mol. The van der Waals surface area contributed by atoms with Crippen LogP contribution in [0.2, 0.25) is 5.02 Å². The number of benzene rings is 1. The molecule has 9 nitrogen and oxygen atoms in total. The number of amides is 1. The molecule has 0 spiro atoms. The van der Waals surface area contributed by atoms with Crippen molar-refractivity contribution in [3.63, 3.8) is 0 Å². The number of rotatable bonds is 6. The number of methoxy groups -OCH3 is 1. The molecule has 0 aliphatic heterocycles. The van der Waals surface area contributed by atoms with Gasteiger partial charge in [-0.25, -0.2) is 9.37 Å². The van der Waals surface area contributed by atoms with Crippen LogP contribution in [0, 0.1) is 5.82 Å². The topological polar surface area (TPSA) is 107 Å². The average Bonchev–Trinajstić information content (AvgIpc) is 3.32. The SMILES string of the molecule is COc1n[nH]c2ncc(NC(=O)c3c(Cl)ccc(OCc4ccn(C)n4)c3F)cc12. The highest BCUT2D eigenvalue weighted by molar-refractivity contribution is 6.34. The smallest absolute Gasteiger partial charge is 0.260 e. The molecule has 0 unspecified atom stereocenters. The maximum absolute atomic E-state index is 15.0. The zero-order valence-electron chi connectivity index (χ0n) is 15.9. The number of halogens is 2. The summed E-state index contributed by atoms with van der Waals surface area (Å²) in [5.74, 6) is -1.40. The molecular formula is C19H16ClFN6O3. The van der Waals surface area contributed by atoms with E-state index in [9.17, 15) is 9.18 Å². The largest absolute Gasteiger partial charge is 0.484 e. The molecule has 0 atom stereocenters. The van der Waals surface area contributed by atoms with Gasteiger partial charge < -0.3 is 14.8 Å². The number of anilines is 1. The first-order chi connectivity index (χ1) is 14.5. The molecular weight excluding hydrogens is 415 g/mol. The molecule has 1 aromatic carbocycles. The van der Waals surface area contributed by atoms with E-state index >= 15 is 0 Å². The molecule has 0 radical (unpaired) electrons. The molecule has 0 fully saturated rings. The zero-order valence-corrected chi connectivity index (χ0v) is 16.7. The zero-order chi connectivity index (χ0) is 21.3. The number of pyridine rings is 1. The molecule has 4 aromatic rings. The maximum Gasteiger partial charge on any atom is 0.260 e. The molecule has 30 heavy (non-hydrogen) atoms. The van der Waals surface area contributed by atoms with Crippen LogP contribution in [0.3, 0.4) is 0 Å². The van der Waals surface area contributed by atoms with Crippen molar-refractivity contribution >= 4 is 34.2 Å². The van der Waals surface area contributed by atoms with E-state index in [1.54, 1.807) is 30.1 Å². The Balaban J connectivity index is 1.57. The van der Waals surface area contributed by atoms with E-state index in [1.165, 1.54) is 25.4 Å². The Kier molecular flexibility index (Phi) is 5.23. The van der Waals surface area contributed by atoms with Crippen LogP contribution in [0.4, 0.5) is 10.1 Å². The van der Waals surface area contributed by atoms with Crippen LogP contribution >= 0.6 is 11.6 Å². The van der Waals surface area contributed by atoms with E-state index in [1.807, 2.05) is 0 Å². The molecule has 2 N–H and O–H groups in total. The molecule has 3 heterocycles. The highest BCUT2D eigenvalue weighted by Crippen LogP contribution is 2.29. The van der Waals surface area contributed by atoms with Gasteiger partial charge in [-0.2, -0.15) is 5.10 Å². The van der Waals surface area contributed by atoms with Gasteiger partial charge in [0.2, 0.25) is 5.88 Å². The Morgan fingerprint density at radius 1 is 1.37 bits per heavy atom. The van der Waals surface area contributed by atoms with E-state index in [2.05, 4.69) is 25.6 Å². The summed E-state index contributed by atoms with van der Waals surface area (Å²) in [6.45, 7) is 0.0430. The van der Waals surface area contributed by atoms with Crippen LogP contribution < -0.4 is 14.8 Å². The molecule has 154 valence electrons. The minimum absolute atomic E-state index is 0.0430. The first kappa shape index (κ1) is 19.6. The van der Waals surface area contributed by atoms with Crippen LogP contribution in [-0.2, 0) is 13.7 Å². The van der Waals surface area contributed by atoms with Gasteiger partial charge in [-0.05, 0) is 24.3 Å². The number of ether oxygens (including phenoxy) is 2. The number of carbonyl (C=O) groups is 1. The normalized spacial score (nSPS) is 10.9. The van der Waals surface area contributed by atoms with E-state index < -0.39 is 11.7 Å². The molecule has 0 bridgehead atoms. The number of nitrogens with zero attached hydrogens (tertiary/aromatic N) is 4. The fourth-order valence-electron chi connectivity index (χ4n) is 2.84. The van der Waals surface area contributed by atoms with Crippen LogP contribution in [0.15, 0.2) is 36.7 Å². The molecule has 1 amide bonds. The summed E-state index contributed by atoms with van der Waals surface area (Å²) in [6, 6.07) is 6.11. The van der Waals surface area contributed by atoms with Crippen molar-refractivity contribution < 1.29 is 18.7 Å². The Morgan fingerprint density at radius 2 is 2.20 bits per heavy atom. The third-order valence-electron chi connectivity index (χ3n) is 4.26. The second kappa shape index (κ2) is 7.99. The number of aromatic nitrogens is 5. The van der Waals surface area contributed by atoms with Crippen molar-refractivity contribution in [2.24, 2.45) is 7.05 Å². The van der Waals surface area contributed by atoms with Gasteiger partial charge in [0.1, 0.15) is 6.61 Å². The highest BCUT2D eigenvalue weighted by atomic mass is 35.5. The fourth-order valence-corrected chi connectivity index (χ4v) is 3.08. The van der Waals surface area contributed by atoms with Gasteiger partial charge in [-0.1, -0.05) is 11.6 Å². The van der Waals surface area contributed by atoms with Crippen molar-refractivity contribution in [2.75, 3.05) is 12.4 Å². The molecule has 0 saturated carbocycles. The van der Waals surface area contributed by atoms with Crippen LogP contribution in [0.1, 0.15) is 16.1 Å². The summed E-state index contributed by atoms with van der Waals surface area (Å²) in [4.78, 5) is 16.9. The highest BCUT2D eigenvalue weighted by Gasteiger charge is 2.21. The van der Waals surface area contributed by atoms with Crippen LogP contribution in [-0.4, -0.2) is 38.0 Å². The number of carbonyl (C=O) groups excluding carboxylic acids is 1. The number of hydrogen-bond acceptors (Lipinski definition) is 6. The fraction of sp³-hybridized carbons (Fsp3) is 0.158. The lowest BCUT2D eigenvalue weighted by Gasteiger charge is -2.11. The third-order valence-corrected chi connectivity index (χ3v) is 4.57. The van der Waals surface area contributed by atoms with Crippen LogP contribution in [0.5, 0.6) is 11.6 Å². The van der Waals surface area contributed by atoms with Crippen molar-refractivity contribution in [3.8, 4) is 11.6 Å². The lowest BCUT2D eigenvalue weighted by atomic mass is 10.1. The van der Waals surface area contributed by atoms with Gasteiger partial charge >= 0.3 is 0 Å². The number of fused-ring (bicyclic) bond motifs is 1. The number of nitrogens with one attached hydrogen (secondary N) is 2.